The van der Waals surface area contributed by atoms with Crippen molar-refractivity contribution in [2.75, 3.05) is 0 Å². The van der Waals surface area contributed by atoms with Crippen LogP contribution < -0.4 is 0 Å². The second-order valence-electron chi connectivity index (χ2n) is 2.39. The lowest BCUT2D eigenvalue weighted by Crippen LogP contribution is -2.03. The van der Waals surface area contributed by atoms with Gasteiger partial charge in [0.05, 0.1) is 0 Å². The summed E-state index contributed by atoms with van der Waals surface area (Å²) in [5.41, 5.74) is 0. The lowest BCUT2D eigenvalue weighted by molar-refractivity contribution is -0.146. The molecule has 0 radical (unpaired) electrons. The fourth-order valence-corrected chi connectivity index (χ4v) is 1.17. The quantitative estimate of drug-likeness (QED) is 0.737. The molecule has 1 aromatic rings. The molecule has 0 spiro atoms. The third-order valence-corrected chi connectivity index (χ3v) is 1.76. The lowest BCUT2D eigenvalue weighted by atomic mass is 10.3. The van der Waals surface area contributed by atoms with Crippen LogP contribution in [0.2, 0.25) is 0 Å². The van der Waals surface area contributed by atoms with Crippen molar-refractivity contribution in [3.63, 3.8) is 0 Å². The third-order valence-electron chi connectivity index (χ3n) is 1.34. The van der Waals surface area contributed by atoms with E-state index in [1.807, 2.05) is 0 Å². The molecule has 1 unspecified atom stereocenters. The Bertz CT molecular complexity index is 280. The molecule has 12 heavy (non-hydrogen) atoms. The molecule has 0 aliphatic heterocycles. The number of halogens is 1. The summed E-state index contributed by atoms with van der Waals surface area (Å²) in [6.45, 7) is 3.13. The molecule has 0 aliphatic rings. The largest absolute Gasteiger partial charge is 0.455 e. The van der Waals surface area contributed by atoms with E-state index in [1.165, 1.54) is 6.92 Å². The molecule has 3 nitrogen and oxygen atoms in total. The van der Waals surface area contributed by atoms with Crippen LogP contribution in [-0.2, 0) is 9.53 Å². The van der Waals surface area contributed by atoms with E-state index in [2.05, 4.69) is 15.9 Å². The molecular weight excluding hydrogens is 224 g/mol. The van der Waals surface area contributed by atoms with Crippen molar-refractivity contribution in [3.05, 3.63) is 22.6 Å². The smallest absolute Gasteiger partial charge is 0.303 e. The number of furan rings is 1. The molecule has 0 aromatic carbocycles. The van der Waals surface area contributed by atoms with Crippen molar-refractivity contribution < 1.29 is 13.9 Å². The Hall–Kier alpha value is -0.770. The first-order valence-corrected chi connectivity index (χ1v) is 4.31. The van der Waals surface area contributed by atoms with Crippen LogP contribution in [0.3, 0.4) is 0 Å². The van der Waals surface area contributed by atoms with E-state index in [4.69, 9.17) is 9.15 Å². The molecule has 0 bridgehead atoms. The Balaban J connectivity index is 2.64. The van der Waals surface area contributed by atoms with E-state index in [0.29, 0.717) is 10.4 Å². The average molecular weight is 233 g/mol. The first-order chi connectivity index (χ1) is 5.59. The molecule has 0 aliphatic carbocycles. The average Bonchev–Trinajstić information content (AvgIpc) is 2.34. The van der Waals surface area contributed by atoms with Crippen LogP contribution in [0.4, 0.5) is 0 Å². The molecule has 0 saturated carbocycles. The predicted octanol–water partition coefficient (Wildman–Crippen LogP) is 2.67. The Labute approximate surface area is 78.8 Å². The molecule has 0 N–H and O–H groups in total. The minimum Gasteiger partial charge on any atom is -0.455 e. The highest BCUT2D eigenvalue weighted by Gasteiger charge is 2.11. The standard InChI is InChI=1S/C8H9BrO3/c1-5(11-6(2)10)7-3-4-8(9)12-7/h3-5H,1-2H3. The summed E-state index contributed by atoms with van der Waals surface area (Å²) in [6, 6.07) is 3.52. The highest BCUT2D eigenvalue weighted by Crippen LogP contribution is 2.22. The van der Waals surface area contributed by atoms with Crippen molar-refractivity contribution in [2.24, 2.45) is 0 Å². The minimum atomic E-state index is -0.325. The summed E-state index contributed by atoms with van der Waals surface area (Å²) in [4.78, 5) is 10.6. The van der Waals surface area contributed by atoms with Gasteiger partial charge in [0.15, 0.2) is 10.8 Å². The first-order valence-electron chi connectivity index (χ1n) is 3.52. The van der Waals surface area contributed by atoms with Gasteiger partial charge in [-0.1, -0.05) is 0 Å². The molecule has 1 heterocycles. The zero-order valence-corrected chi connectivity index (χ0v) is 8.42. The molecule has 0 amide bonds. The highest BCUT2D eigenvalue weighted by atomic mass is 79.9. The zero-order valence-electron chi connectivity index (χ0n) is 6.83. The van der Waals surface area contributed by atoms with Crippen LogP contribution in [0.25, 0.3) is 0 Å². The van der Waals surface area contributed by atoms with Crippen LogP contribution in [0.5, 0.6) is 0 Å². The minimum absolute atomic E-state index is 0.310. The van der Waals surface area contributed by atoms with Crippen LogP contribution in [0.15, 0.2) is 21.2 Å². The van der Waals surface area contributed by atoms with Gasteiger partial charge in [-0.15, -0.1) is 0 Å². The van der Waals surface area contributed by atoms with Gasteiger partial charge < -0.3 is 9.15 Å². The number of ether oxygens (including phenoxy) is 1. The molecule has 1 rings (SSSR count). The maximum absolute atomic E-state index is 10.6. The van der Waals surface area contributed by atoms with Gasteiger partial charge in [-0.3, -0.25) is 4.79 Å². The van der Waals surface area contributed by atoms with Gasteiger partial charge >= 0.3 is 5.97 Å². The van der Waals surface area contributed by atoms with Crippen LogP contribution in [-0.4, -0.2) is 5.97 Å². The molecule has 4 heteroatoms. The van der Waals surface area contributed by atoms with E-state index < -0.39 is 0 Å². The van der Waals surface area contributed by atoms with Gasteiger partial charge in [0.25, 0.3) is 0 Å². The summed E-state index contributed by atoms with van der Waals surface area (Å²) in [7, 11) is 0. The van der Waals surface area contributed by atoms with Crippen molar-refractivity contribution >= 4 is 21.9 Å². The van der Waals surface area contributed by atoms with Gasteiger partial charge in [0, 0.05) is 6.92 Å². The van der Waals surface area contributed by atoms with E-state index in [0.717, 1.165) is 0 Å². The fraction of sp³-hybridized carbons (Fsp3) is 0.375. The maximum atomic E-state index is 10.6. The molecule has 0 fully saturated rings. The van der Waals surface area contributed by atoms with E-state index in [9.17, 15) is 4.79 Å². The van der Waals surface area contributed by atoms with E-state index >= 15 is 0 Å². The highest BCUT2D eigenvalue weighted by molar-refractivity contribution is 9.10. The summed E-state index contributed by atoms with van der Waals surface area (Å²) < 4.78 is 10.7. The second kappa shape index (κ2) is 3.76. The number of esters is 1. The lowest BCUT2D eigenvalue weighted by Gasteiger charge is -2.07. The molecule has 66 valence electrons. The number of carbonyl (C=O) groups excluding carboxylic acids is 1. The van der Waals surface area contributed by atoms with Crippen LogP contribution in [0.1, 0.15) is 25.7 Å². The summed E-state index contributed by atoms with van der Waals surface area (Å²) in [6.07, 6.45) is -0.325. The molecule has 0 saturated heterocycles. The van der Waals surface area contributed by atoms with Gasteiger partial charge in [0.1, 0.15) is 5.76 Å². The monoisotopic (exact) mass is 232 g/mol. The Morgan fingerprint density at radius 3 is 2.75 bits per heavy atom. The van der Waals surface area contributed by atoms with E-state index in [1.54, 1.807) is 19.1 Å². The SMILES string of the molecule is CC(=O)OC(C)c1ccc(Br)o1. The zero-order chi connectivity index (χ0) is 9.14. The topological polar surface area (TPSA) is 39.4 Å². The molecule has 1 aromatic heterocycles. The molecular formula is C8H9BrO3. The van der Waals surface area contributed by atoms with Gasteiger partial charge in [0.2, 0.25) is 0 Å². The van der Waals surface area contributed by atoms with Crippen molar-refractivity contribution in [1.29, 1.82) is 0 Å². The van der Waals surface area contributed by atoms with Crippen molar-refractivity contribution in [3.8, 4) is 0 Å². The second-order valence-corrected chi connectivity index (χ2v) is 3.18. The number of hydrogen-bond acceptors (Lipinski definition) is 3. The van der Waals surface area contributed by atoms with Crippen molar-refractivity contribution in [2.45, 2.75) is 20.0 Å². The Kier molecular flexibility index (Phi) is 2.92. The van der Waals surface area contributed by atoms with Crippen LogP contribution >= 0.6 is 15.9 Å². The van der Waals surface area contributed by atoms with E-state index in [-0.39, 0.29) is 12.1 Å². The normalized spacial score (nSPS) is 12.6. The Morgan fingerprint density at radius 1 is 1.67 bits per heavy atom. The van der Waals surface area contributed by atoms with Gasteiger partial charge in [-0.25, -0.2) is 0 Å². The van der Waals surface area contributed by atoms with Crippen LogP contribution in [0, 0.1) is 0 Å². The third kappa shape index (κ3) is 2.37. The van der Waals surface area contributed by atoms with Crippen molar-refractivity contribution in [1.82, 2.24) is 0 Å². The summed E-state index contributed by atoms with van der Waals surface area (Å²) in [5, 5.41) is 0. The summed E-state index contributed by atoms with van der Waals surface area (Å²) in [5.74, 6) is 0.326. The predicted molar refractivity (Wildman–Crippen MR) is 46.6 cm³/mol. The number of carbonyl (C=O) groups is 1. The number of rotatable bonds is 2. The van der Waals surface area contributed by atoms with Gasteiger partial charge in [-0.2, -0.15) is 0 Å². The first kappa shape index (κ1) is 9.32. The maximum Gasteiger partial charge on any atom is 0.303 e. The fourth-order valence-electron chi connectivity index (χ4n) is 0.854. The summed E-state index contributed by atoms with van der Waals surface area (Å²) >= 11 is 3.16. The molecule has 1 atom stereocenters. The Morgan fingerprint density at radius 2 is 2.33 bits per heavy atom. The van der Waals surface area contributed by atoms with Gasteiger partial charge in [-0.05, 0) is 35.0 Å². The number of hydrogen-bond donors (Lipinski definition) is 0.